The number of aryl methyl sites for hydroxylation is 1. The van der Waals surface area contributed by atoms with E-state index < -0.39 is 5.91 Å². The maximum Gasteiger partial charge on any atom is 0.266 e. The first-order valence-corrected chi connectivity index (χ1v) is 10.0. The van der Waals surface area contributed by atoms with Gasteiger partial charge >= 0.3 is 0 Å². The molecule has 0 bridgehead atoms. The number of benzene rings is 3. The predicted molar refractivity (Wildman–Crippen MR) is 122 cm³/mol. The van der Waals surface area contributed by atoms with Crippen LogP contribution in [0, 0.1) is 18.3 Å². The van der Waals surface area contributed by atoms with Crippen molar-refractivity contribution >= 4 is 17.7 Å². The minimum atomic E-state index is -0.466. The van der Waals surface area contributed by atoms with Crippen LogP contribution in [0.1, 0.15) is 23.6 Å². The van der Waals surface area contributed by atoms with Crippen molar-refractivity contribution in [2.45, 2.75) is 20.5 Å². The molecule has 0 unspecified atom stereocenters. The number of nitriles is 1. The highest BCUT2D eigenvalue weighted by molar-refractivity contribution is 6.09. The van der Waals surface area contributed by atoms with Gasteiger partial charge in [0.2, 0.25) is 0 Å². The molecule has 0 aromatic heterocycles. The second kappa shape index (κ2) is 10.7. The van der Waals surface area contributed by atoms with Gasteiger partial charge in [-0.15, -0.1) is 0 Å². The third-order valence-corrected chi connectivity index (χ3v) is 4.45. The van der Waals surface area contributed by atoms with Crippen molar-refractivity contribution in [1.82, 2.24) is 0 Å². The fourth-order valence-electron chi connectivity index (χ4n) is 3.00. The monoisotopic (exact) mass is 412 g/mol. The lowest BCUT2D eigenvalue weighted by Crippen LogP contribution is -2.13. The second-order valence-electron chi connectivity index (χ2n) is 6.91. The Balaban J connectivity index is 1.78. The quantitative estimate of drug-likeness (QED) is 0.391. The van der Waals surface area contributed by atoms with Gasteiger partial charge in [0, 0.05) is 5.69 Å². The van der Waals surface area contributed by atoms with Gasteiger partial charge in [0.05, 0.1) is 6.61 Å². The van der Waals surface area contributed by atoms with Gasteiger partial charge in [0.15, 0.2) is 11.5 Å². The topological polar surface area (TPSA) is 71.3 Å². The number of nitrogens with one attached hydrogen (secondary N) is 1. The summed E-state index contributed by atoms with van der Waals surface area (Å²) in [5.41, 5.74) is 3.54. The van der Waals surface area contributed by atoms with Gasteiger partial charge in [-0.25, -0.2) is 0 Å². The van der Waals surface area contributed by atoms with Crippen molar-refractivity contribution in [3.63, 3.8) is 0 Å². The van der Waals surface area contributed by atoms with Crippen LogP contribution in [0.4, 0.5) is 5.69 Å². The molecule has 1 amide bonds. The number of anilines is 1. The number of carbonyl (C=O) groups is 1. The van der Waals surface area contributed by atoms with Gasteiger partial charge in [-0.3, -0.25) is 4.79 Å². The van der Waals surface area contributed by atoms with Gasteiger partial charge in [0.1, 0.15) is 18.2 Å². The fraction of sp³-hybridized carbons (Fsp3) is 0.154. The number of hydrogen-bond acceptors (Lipinski definition) is 4. The number of rotatable bonds is 8. The summed E-state index contributed by atoms with van der Waals surface area (Å²) in [6.45, 7) is 4.81. The lowest BCUT2D eigenvalue weighted by Gasteiger charge is -2.13. The van der Waals surface area contributed by atoms with E-state index >= 15 is 0 Å². The highest BCUT2D eigenvalue weighted by Gasteiger charge is 2.11. The Kier molecular flexibility index (Phi) is 7.45. The molecular formula is C26H24N2O3. The number of ether oxygens (including phenoxy) is 2. The van der Waals surface area contributed by atoms with Crippen LogP contribution in [-0.2, 0) is 11.4 Å². The summed E-state index contributed by atoms with van der Waals surface area (Å²) in [6.07, 6.45) is 1.53. The van der Waals surface area contributed by atoms with E-state index in [9.17, 15) is 10.1 Å². The molecule has 0 spiro atoms. The average Bonchev–Trinajstić information content (AvgIpc) is 2.78. The number of amides is 1. The van der Waals surface area contributed by atoms with Crippen LogP contribution in [-0.4, -0.2) is 12.5 Å². The number of nitrogens with zero attached hydrogens (tertiary/aromatic N) is 1. The van der Waals surface area contributed by atoms with Crippen LogP contribution >= 0.6 is 0 Å². The molecule has 5 nitrogen and oxygen atoms in total. The minimum absolute atomic E-state index is 0.000249. The van der Waals surface area contributed by atoms with Crippen molar-refractivity contribution in [3.05, 3.63) is 95.1 Å². The largest absolute Gasteiger partial charge is 0.490 e. The van der Waals surface area contributed by atoms with E-state index in [1.807, 2.05) is 56.3 Å². The molecular weight excluding hydrogens is 388 g/mol. The minimum Gasteiger partial charge on any atom is -0.490 e. The first-order chi connectivity index (χ1) is 15.1. The zero-order chi connectivity index (χ0) is 22.1. The van der Waals surface area contributed by atoms with Gasteiger partial charge in [0.25, 0.3) is 5.91 Å². The molecule has 0 aliphatic rings. The van der Waals surface area contributed by atoms with Crippen LogP contribution in [0.25, 0.3) is 6.08 Å². The second-order valence-corrected chi connectivity index (χ2v) is 6.91. The Morgan fingerprint density at radius 2 is 1.81 bits per heavy atom. The summed E-state index contributed by atoms with van der Waals surface area (Å²) in [4.78, 5) is 12.5. The molecule has 5 heteroatoms. The molecule has 0 aliphatic heterocycles. The molecule has 1 N–H and O–H groups in total. The molecule has 3 rings (SSSR count). The Morgan fingerprint density at radius 3 is 2.52 bits per heavy atom. The zero-order valence-electron chi connectivity index (χ0n) is 17.6. The molecule has 0 aliphatic carbocycles. The maximum absolute atomic E-state index is 12.5. The summed E-state index contributed by atoms with van der Waals surface area (Å²) in [5.74, 6) is 0.698. The number of carbonyl (C=O) groups excluding carboxylic acids is 1. The van der Waals surface area contributed by atoms with Crippen LogP contribution < -0.4 is 14.8 Å². The smallest absolute Gasteiger partial charge is 0.266 e. The predicted octanol–water partition coefficient (Wildman–Crippen LogP) is 5.52. The third-order valence-electron chi connectivity index (χ3n) is 4.45. The van der Waals surface area contributed by atoms with E-state index in [0.717, 1.165) is 5.56 Å². The molecule has 0 saturated carbocycles. The average molecular weight is 412 g/mol. The molecule has 0 radical (unpaired) electrons. The fourth-order valence-corrected chi connectivity index (χ4v) is 3.00. The molecule has 3 aromatic rings. The van der Waals surface area contributed by atoms with Gasteiger partial charge < -0.3 is 14.8 Å². The summed E-state index contributed by atoms with van der Waals surface area (Å²) in [7, 11) is 0. The zero-order valence-corrected chi connectivity index (χ0v) is 17.6. The van der Waals surface area contributed by atoms with Crippen LogP contribution in [0.5, 0.6) is 11.5 Å². The van der Waals surface area contributed by atoms with Gasteiger partial charge in [-0.05, 0) is 55.3 Å². The van der Waals surface area contributed by atoms with Crippen LogP contribution in [0.2, 0.25) is 0 Å². The van der Waals surface area contributed by atoms with E-state index in [1.54, 1.807) is 30.3 Å². The Morgan fingerprint density at radius 1 is 1.00 bits per heavy atom. The van der Waals surface area contributed by atoms with E-state index in [-0.39, 0.29) is 5.57 Å². The number of hydrogen-bond donors (Lipinski definition) is 1. The van der Waals surface area contributed by atoms with E-state index in [1.165, 1.54) is 11.6 Å². The molecule has 0 saturated heterocycles. The Labute approximate surface area is 182 Å². The summed E-state index contributed by atoms with van der Waals surface area (Å²) in [6, 6.07) is 24.4. The molecule has 3 aromatic carbocycles. The van der Waals surface area contributed by atoms with Crippen LogP contribution in [0.3, 0.4) is 0 Å². The summed E-state index contributed by atoms with van der Waals surface area (Å²) < 4.78 is 11.7. The van der Waals surface area contributed by atoms with Gasteiger partial charge in [-0.2, -0.15) is 5.26 Å². The van der Waals surface area contributed by atoms with E-state index in [4.69, 9.17) is 9.47 Å². The summed E-state index contributed by atoms with van der Waals surface area (Å²) >= 11 is 0. The molecule has 0 heterocycles. The third kappa shape index (κ3) is 6.22. The van der Waals surface area contributed by atoms with Crippen molar-refractivity contribution in [1.29, 1.82) is 5.26 Å². The molecule has 156 valence electrons. The van der Waals surface area contributed by atoms with Crippen molar-refractivity contribution in [3.8, 4) is 17.6 Å². The lowest BCUT2D eigenvalue weighted by atomic mass is 10.1. The van der Waals surface area contributed by atoms with Crippen LogP contribution in [0.15, 0.2) is 78.4 Å². The maximum atomic E-state index is 12.5. The van der Waals surface area contributed by atoms with E-state index in [2.05, 4.69) is 11.4 Å². The van der Waals surface area contributed by atoms with E-state index in [0.29, 0.717) is 36.0 Å². The molecule has 31 heavy (non-hydrogen) atoms. The van der Waals surface area contributed by atoms with Gasteiger partial charge in [-0.1, -0.05) is 54.1 Å². The Bertz CT molecular complexity index is 1110. The van der Waals surface area contributed by atoms with Crippen molar-refractivity contribution < 1.29 is 14.3 Å². The first-order valence-electron chi connectivity index (χ1n) is 10.0. The molecule has 0 atom stereocenters. The highest BCUT2D eigenvalue weighted by Crippen LogP contribution is 2.30. The lowest BCUT2D eigenvalue weighted by molar-refractivity contribution is -0.112. The SMILES string of the molecule is CCOc1cc(/C=C(/C#N)C(=O)Nc2ccccc2)ccc1OCc1cccc(C)c1. The molecule has 0 fully saturated rings. The van der Waals surface area contributed by atoms with Crippen molar-refractivity contribution in [2.75, 3.05) is 11.9 Å². The number of para-hydroxylation sites is 1. The van der Waals surface area contributed by atoms with Crippen molar-refractivity contribution in [2.24, 2.45) is 0 Å². The highest BCUT2D eigenvalue weighted by atomic mass is 16.5. The first kappa shape index (κ1) is 21.7. The Hall–Kier alpha value is -4.04. The standard InChI is InChI=1S/C26H24N2O3/c1-3-30-25-16-20(12-13-24(25)31-18-21-9-7-8-19(2)14-21)15-22(17-27)26(29)28-23-10-5-4-6-11-23/h4-16H,3,18H2,1-2H3,(H,28,29)/b22-15-. The normalized spacial score (nSPS) is 10.8. The summed E-state index contributed by atoms with van der Waals surface area (Å²) in [5, 5.41) is 12.2.